The van der Waals surface area contributed by atoms with Gasteiger partial charge in [-0.1, -0.05) is 0 Å². The van der Waals surface area contributed by atoms with Gasteiger partial charge in [0.2, 0.25) is 0 Å². The molecule has 4 atom stereocenters. The Morgan fingerprint density at radius 2 is 1.65 bits per heavy atom. The average Bonchev–Trinajstić information content (AvgIpc) is 2.86. The molecule has 0 radical (unpaired) electrons. The Labute approximate surface area is 117 Å². The average molecular weight is 280 g/mol. The number of hydrogen-bond donors (Lipinski definition) is 2. The van der Waals surface area contributed by atoms with Crippen molar-refractivity contribution < 1.29 is 15.0 Å². The number of ketones is 1. The molecule has 0 aliphatic carbocycles. The van der Waals surface area contributed by atoms with Crippen molar-refractivity contribution in [3.8, 4) is 0 Å². The molecule has 0 aromatic carbocycles. The molecule has 1 fully saturated rings. The van der Waals surface area contributed by atoms with Crippen molar-refractivity contribution in [1.82, 2.24) is 10.0 Å². The normalized spacial score (nSPS) is 43.1. The number of rotatable bonds is 1. The quantitative estimate of drug-likeness (QED) is 0.699. The van der Waals surface area contributed by atoms with E-state index < -0.39 is 23.5 Å². The monoisotopic (exact) mass is 280 g/mol. The number of carbonyl (C=O) groups is 1. The van der Waals surface area contributed by atoms with Gasteiger partial charge >= 0.3 is 0 Å². The molecule has 1 saturated heterocycles. The summed E-state index contributed by atoms with van der Waals surface area (Å²) in [5, 5.41) is 33.1. The summed E-state index contributed by atoms with van der Waals surface area (Å²) in [7, 11) is 0. The minimum Gasteiger partial charge on any atom is -0.370 e. The van der Waals surface area contributed by atoms with Crippen LogP contribution in [0.25, 0.3) is 0 Å². The predicted molar refractivity (Wildman–Crippen MR) is 73.0 cm³/mol. The van der Waals surface area contributed by atoms with Crippen LogP contribution in [0, 0.1) is 0 Å². The van der Waals surface area contributed by atoms with E-state index in [1.165, 1.54) is 11.9 Å². The molecule has 20 heavy (non-hydrogen) atoms. The molecule has 3 heterocycles. The molecule has 0 amide bonds. The Balaban J connectivity index is 2.06. The third kappa shape index (κ3) is 1.44. The number of hydrazone groups is 2. The Hall–Kier alpha value is -1.47. The SMILES string of the molecule is CC(=O)C1=NN2C(O)C3(C)CC(C)=NN3C(O)C2(C)C1. The minimum absolute atomic E-state index is 0.134. The summed E-state index contributed by atoms with van der Waals surface area (Å²) in [5.74, 6) is -0.134. The van der Waals surface area contributed by atoms with E-state index in [0.29, 0.717) is 18.6 Å². The fraction of sp³-hybridized carbons (Fsp3) is 0.769. The molecule has 3 aliphatic heterocycles. The molecule has 7 heteroatoms. The van der Waals surface area contributed by atoms with Crippen molar-refractivity contribution in [2.75, 3.05) is 0 Å². The summed E-state index contributed by atoms with van der Waals surface area (Å²) < 4.78 is 0. The van der Waals surface area contributed by atoms with Crippen LogP contribution >= 0.6 is 0 Å². The fourth-order valence-electron chi connectivity index (χ4n) is 3.44. The second-order valence-electron chi connectivity index (χ2n) is 6.44. The van der Waals surface area contributed by atoms with E-state index in [9.17, 15) is 15.0 Å². The lowest BCUT2D eigenvalue weighted by Crippen LogP contribution is -2.73. The van der Waals surface area contributed by atoms with Crippen molar-refractivity contribution in [2.45, 2.75) is 64.1 Å². The van der Waals surface area contributed by atoms with E-state index in [2.05, 4.69) is 10.2 Å². The highest BCUT2D eigenvalue weighted by molar-refractivity contribution is 6.39. The molecule has 3 aliphatic rings. The van der Waals surface area contributed by atoms with Crippen molar-refractivity contribution in [2.24, 2.45) is 10.2 Å². The second kappa shape index (κ2) is 3.79. The zero-order valence-corrected chi connectivity index (χ0v) is 12.2. The van der Waals surface area contributed by atoms with Gasteiger partial charge in [-0.3, -0.25) is 14.8 Å². The first-order valence-corrected chi connectivity index (χ1v) is 6.77. The van der Waals surface area contributed by atoms with Crippen LogP contribution in [0.15, 0.2) is 10.2 Å². The van der Waals surface area contributed by atoms with Gasteiger partial charge in [0.1, 0.15) is 16.8 Å². The lowest BCUT2D eigenvalue weighted by atomic mass is 9.82. The van der Waals surface area contributed by atoms with Gasteiger partial charge in [0.25, 0.3) is 0 Å². The lowest BCUT2D eigenvalue weighted by Gasteiger charge is -2.56. The Kier molecular flexibility index (Phi) is 2.56. The number of Topliss-reactive ketones (excluding diaryl/α,β-unsaturated/α-hetero) is 1. The first-order chi connectivity index (χ1) is 9.20. The third-order valence-corrected chi connectivity index (χ3v) is 4.67. The molecule has 3 rings (SSSR count). The zero-order chi connectivity index (χ0) is 14.9. The smallest absolute Gasteiger partial charge is 0.175 e. The standard InChI is InChI=1S/C13H20N4O3/c1-7-5-12(3)10(19)17-13(4,11(20)16(12)14-7)6-9(15-17)8(2)18/h10-11,19-20H,5-6H2,1-4H3. The number of aliphatic hydroxyl groups excluding tert-OH is 2. The van der Waals surface area contributed by atoms with Gasteiger partial charge in [0, 0.05) is 25.5 Å². The highest BCUT2D eigenvalue weighted by Crippen LogP contribution is 2.47. The van der Waals surface area contributed by atoms with Gasteiger partial charge in [-0.25, -0.2) is 0 Å². The number of fused-ring (bicyclic) bond motifs is 2. The van der Waals surface area contributed by atoms with Crippen molar-refractivity contribution in [3.63, 3.8) is 0 Å². The van der Waals surface area contributed by atoms with Gasteiger partial charge in [-0.2, -0.15) is 10.2 Å². The largest absolute Gasteiger partial charge is 0.370 e. The van der Waals surface area contributed by atoms with Crippen molar-refractivity contribution >= 4 is 17.2 Å². The van der Waals surface area contributed by atoms with Crippen LogP contribution in [0.5, 0.6) is 0 Å². The maximum absolute atomic E-state index is 11.6. The van der Waals surface area contributed by atoms with E-state index in [0.717, 1.165) is 5.71 Å². The number of carbonyl (C=O) groups excluding carboxylic acids is 1. The number of aliphatic hydroxyl groups is 2. The zero-order valence-electron chi connectivity index (χ0n) is 12.2. The molecule has 110 valence electrons. The van der Waals surface area contributed by atoms with E-state index in [4.69, 9.17) is 0 Å². The van der Waals surface area contributed by atoms with Gasteiger partial charge in [0.05, 0.1) is 0 Å². The molecule has 7 nitrogen and oxygen atoms in total. The van der Waals surface area contributed by atoms with E-state index in [1.807, 2.05) is 13.8 Å². The molecule has 0 bridgehead atoms. The minimum atomic E-state index is -0.922. The first kappa shape index (κ1) is 13.5. The van der Waals surface area contributed by atoms with Crippen LogP contribution in [0.2, 0.25) is 0 Å². The molecule has 0 saturated carbocycles. The van der Waals surface area contributed by atoms with Gasteiger partial charge in [0.15, 0.2) is 18.2 Å². The summed E-state index contributed by atoms with van der Waals surface area (Å²) in [6, 6.07) is 0. The highest BCUT2D eigenvalue weighted by Gasteiger charge is 2.63. The summed E-state index contributed by atoms with van der Waals surface area (Å²) in [5.41, 5.74) is -0.311. The Morgan fingerprint density at radius 3 is 2.20 bits per heavy atom. The van der Waals surface area contributed by atoms with Crippen LogP contribution in [0.4, 0.5) is 0 Å². The van der Waals surface area contributed by atoms with E-state index >= 15 is 0 Å². The van der Waals surface area contributed by atoms with Crippen LogP contribution in [-0.2, 0) is 4.79 Å². The van der Waals surface area contributed by atoms with Gasteiger partial charge in [-0.05, 0) is 20.8 Å². The number of piperazine rings is 1. The van der Waals surface area contributed by atoms with Crippen LogP contribution in [0.1, 0.15) is 40.5 Å². The summed E-state index contributed by atoms with van der Waals surface area (Å²) in [4.78, 5) is 11.6. The summed E-state index contributed by atoms with van der Waals surface area (Å²) >= 11 is 0. The maximum Gasteiger partial charge on any atom is 0.175 e. The Morgan fingerprint density at radius 1 is 1.15 bits per heavy atom. The maximum atomic E-state index is 11.6. The number of nitrogens with zero attached hydrogens (tertiary/aromatic N) is 4. The summed E-state index contributed by atoms with van der Waals surface area (Å²) in [6.07, 6.45) is -0.979. The fourth-order valence-corrected chi connectivity index (χ4v) is 3.44. The van der Waals surface area contributed by atoms with Gasteiger partial charge < -0.3 is 10.2 Å². The molecule has 0 spiro atoms. The van der Waals surface area contributed by atoms with Crippen LogP contribution in [-0.4, -0.2) is 61.0 Å². The molecule has 2 N–H and O–H groups in total. The van der Waals surface area contributed by atoms with Gasteiger partial charge in [-0.15, -0.1) is 0 Å². The molecule has 0 aromatic rings. The van der Waals surface area contributed by atoms with Crippen LogP contribution < -0.4 is 0 Å². The highest BCUT2D eigenvalue weighted by atomic mass is 16.3. The summed E-state index contributed by atoms with van der Waals surface area (Å²) in [6.45, 7) is 6.97. The van der Waals surface area contributed by atoms with Crippen molar-refractivity contribution in [1.29, 1.82) is 0 Å². The van der Waals surface area contributed by atoms with E-state index in [-0.39, 0.29) is 5.78 Å². The predicted octanol–water partition coefficient (Wildman–Crippen LogP) is -0.114. The topological polar surface area (TPSA) is 88.7 Å². The number of hydrogen-bond acceptors (Lipinski definition) is 7. The molecule has 0 aromatic heterocycles. The molecule has 4 unspecified atom stereocenters. The second-order valence-corrected chi connectivity index (χ2v) is 6.44. The van der Waals surface area contributed by atoms with Crippen LogP contribution in [0.3, 0.4) is 0 Å². The molecular formula is C13H20N4O3. The lowest BCUT2D eigenvalue weighted by molar-refractivity contribution is -0.256. The van der Waals surface area contributed by atoms with Crippen molar-refractivity contribution in [3.05, 3.63) is 0 Å². The van der Waals surface area contributed by atoms with E-state index in [1.54, 1.807) is 11.9 Å². The Bertz CT molecular complexity index is 546. The third-order valence-electron chi connectivity index (χ3n) is 4.67. The molecular weight excluding hydrogens is 260 g/mol. The first-order valence-electron chi connectivity index (χ1n) is 6.77.